The number of rotatable bonds is 9. The van der Waals surface area contributed by atoms with Gasteiger partial charge in [-0.05, 0) is 31.3 Å². The van der Waals surface area contributed by atoms with Crippen LogP contribution in [-0.2, 0) is 4.79 Å². The zero-order chi connectivity index (χ0) is 13.1. The summed E-state index contributed by atoms with van der Waals surface area (Å²) in [6.07, 6.45) is 5.20. The van der Waals surface area contributed by atoms with Crippen molar-refractivity contribution in [3.8, 4) is 0 Å². The molecule has 17 heavy (non-hydrogen) atoms. The van der Waals surface area contributed by atoms with Gasteiger partial charge < -0.3 is 15.7 Å². The summed E-state index contributed by atoms with van der Waals surface area (Å²) in [7, 11) is 0. The van der Waals surface area contributed by atoms with Gasteiger partial charge in [0.05, 0.1) is 0 Å². The van der Waals surface area contributed by atoms with Crippen LogP contribution >= 0.6 is 11.8 Å². The lowest BCUT2D eigenvalue weighted by molar-refractivity contribution is -0.139. The van der Waals surface area contributed by atoms with Gasteiger partial charge in [0.1, 0.15) is 6.04 Å². The third kappa shape index (κ3) is 8.85. The van der Waals surface area contributed by atoms with E-state index in [1.165, 1.54) is 0 Å². The third-order valence-electron chi connectivity index (χ3n) is 2.24. The highest BCUT2D eigenvalue weighted by Gasteiger charge is 2.17. The predicted molar refractivity (Wildman–Crippen MR) is 70.5 cm³/mol. The first-order valence-electron chi connectivity index (χ1n) is 5.88. The molecule has 5 nitrogen and oxygen atoms in total. The van der Waals surface area contributed by atoms with Gasteiger partial charge in [-0.3, -0.25) is 0 Å². The fourth-order valence-electron chi connectivity index (χ4n) is 1.33. The quantitative estimate of drug-likeness (QED) is 0.552. The van der Waals surface area contributed by atoms with Crippen LogP contribution in [-0.4, -0.2) is 41.7 Å². The van der Waals surface area contributed by atoms with Crippen molar-refractivity contribution in [2.75, 3.05) is 18.6 Å². The van der Waals surface area contributed by atoms with Gasteiger partial charge in [-0.2, -0.15) is 11.8 Å². The maximum atomic E-state index is 11.4. The summed E-state index contributed by atoms with van der Waals surface area (Å²) in [5, 5.41) is 14.0. The lowest BCUT2D eigenvalue weighted by Crippen LogP contribution is -2.46. The molecule has 0 radical (unpaired) electrons. The van der Waals surface area contributed by atoms with Crippen LogP contribution in [0, 0.1) is 0 Å². The Balaban J connectivity index is 3.71. The molecule has 0 heterocycles. The molecule has 0 aromatic heterocycles. The minimum Gasteiger partial charge on any atom is -0.480 e. The zero-order valence-corrected chi connectivity index (χ0v) is 11.3. The lowest BCUT2D eigenvalue weighted by atomic mass is 10.2. The first-order chi connectivity index (χ1) is 8.11. The highest BCUT2D eigenvalue weighted by molar-refractivity contribution is 7.98. The molecule has 0 aromatic carbocycles. The van der Waals surface area contributed by atoms with Crippen molar-refractivity contribution >= 4 is 23.8 Å². The Morgan fingerprint density at radius 2 is 2.06 bits per heavy atom. The smallest absolute Gasteiger partial charge is 0.326 e. The molecule has 0 bridgehead atoms. The number of urea groups is 1. The van der Waals surface area contributed by atoms with Gasteiger partial charge in [0, 0.05) is 6.54 Å². The maximum absolute atomic E-state index is 11.4. The SMILES string of the molecule is CCC[C@@H](NC(=O)NCCCCSC)C(=O)O. The number of amides is 2. The van der Waals surface area contributed by atoms with Crippen LogP contribution in [0.4, 0.5) is 4.79 Å². The van der Waals surface area contributed by atoms with Crippen molar-refractivity contribution in [3.63, 3.8) is 0 Å². The second-order valence-corrected chi connectivity index (χ2v) is 4.77. The van der Waals surface area contributed by atoms with E-state index in [9.17, 15) is 9.59 Å². The molecular formula is C11H22N2O3S. The second kappa shape index (κ2) is 10.3. The molecule has 1 atom stereocenters. The van der Waals surface area contributed by atoms with Crippen LogP contribution in [0.3, 0.4) is 0 Å². The van der Waals surface area contributed by atoms with E-state index in [1.807, 2.05) is 13.2 Å². The fourth-order valence-corrected chi connectivity index (χ4v) is 1.82. The molecule has 0 spiro atoms. The minimum atomic E-state index is -0.982. The first kappa shape index (κ1) is 16.1. The average Bonchev–Trinajstić information content (AvgIpc) is 2.28. The molecule has 0 saturated heterocycles. The number of nitrogens with one attached hydrogen (secondary N) is 2. The molecular weight excluding hydrogens is 240 g/mol. The number of carboxylic acid groups (broad SMARTS) is 1. The number of carboxylic acids is 1. The summed E-state index contributed by atoms with van der Waals surface area (Å²) in [5.41, 5.74) is 0. The van der Waals surface area contributed by atoms with Gasteiger partial charge in [0.25, 0.3) is 0 Å². The highest BCUT2D eigenvalue weighted by atomic mass is 32.2. The number of carbonyl (C=O) groups is 2. The van der Waals surface area contributed by atoms with E-state index < -0.39 is 18.0 Å². The van der Waals surface area contributed by atoms with E-state index in [0.717, 1.165) is 25.0 Å². The molecule has 6 heteroatoms. The molecule has 100 valence electrons. The number of thioether (sulfide) groups is 1. The summed E-state index contributed by atoms with van der Waals surface area (Å²) < 4.78 is 0. The number of carbonyl (C=O) groups excluding carboxylic acids is 1. The standard InChI is InChI=1S/C11H22N2O3S/c1-3-6-9(10(14)15)13-11(16)12-7-4-5-8-17-2/h9H,3-8H2,1-2H3,(H,14,15)(H2,12,13,16)/t9-/m1/s1. The molecule has 0 aliphatic rings. The van der Waals surface area contributed by atoms with E-state index in [1.54, 1.807) is 11.8 Å². The maximum Gasteiger partial charge on any atom is 0.326 e. The molecule has 3 N–H and O–H groups in total. The van der Waals surface area contributed by atoms with Gasteiger partial charge in [-0.25, -0.2) is 9.59 Å². The monoisotopic (exact) mass is 262 g/mol. The largest absolute Gasteiger partial charge is 0.480 e. The van der Waals surface area contributed by atoms with Crippen molar-refractivity contribution in [3.05, 3.63) is 0 Å². The van der Waals surface area contributed by atoms with Crippen LogP contribution in [0.25, 0.3) is 0 Å². The molecule has 0 aromatic rings. The van der Waals surface area contributed by atoms with Crippen LogP contribution in [0.2, 0.25) is 0 Å². The van der Waals surface area contributed by atoms with E-state index in [2.05, 4.69) is 10.6 Å². The average molecular weight is 262 g/mol. The number of hydrogen-bond acceptors (Lipinski definition) is 3. The van der Waals surface area contributed by atoms with Gasteiger partial charge in [0.2, 0.25) is 0 Å². The summed E-state index contributed by atoms with van der Waals surface area (Å²) in [5.74, 6) is 0.0982. The number of aliphatic carboxylic acids is 1. The molecule has 0 fully saturated rings. The highest BCUT2D eigenvalue weighted by Crippen LogP contribution is 1.98. The van der Waals surface area contributed by atoms with Crippen LogP contribution in [0.15, 0.2) is 0 Å². The van der Waals surface area contributed by atoms with Crippen molar-refractivity contribution < 1.29 is 14.7 Å². The Bertz CT molecular complexity index is 237. The molecule has 0 saturated carbocycles. The van der Waals surface area contributed by atoms with Crippen molar-refractivity contribution in [1.82, 2.24) is 10.6 Å². The van der Waals surface area contributed by atoms with E-state index in [4.69, 9.17) is 5.11 Å². The number of unbranched alkanes of at least 4 members (excludes halogenated alkanes) is 1. The minimum absolute atomic E-state index is 0.394. The Morgan fingerprint density at radius 3 is 2.59 bits per heavy atom. The van der Waals surface area contributed by atoms with E-state index in [-0.39, 0.29) is 0 Å². The summed E-state index contributed by atoms with van der Waals surface area (Å²) in [6, 6.07) is -1.18. The molecule has 0 aliphatic carbocycles. The molecule has 2 amide bonds. The Hall–Kier alpha value is -0.910. The van der Waals surface area contributed by atoms with Gasteiger partial charge in [-0.1, -0.05) is 13.3 Å². The lowest BCUT2D eigenvalue weighted by Gasteiger charge is -2.14. The molecule has 0 aliphatic heterocycles. The van der Waals surface area contributed by atoms with Crippen molar-refractivity contribution in [2.45, 2.75) is 38.6 Å². The van der Waals surface area contributed by atoms with E-state index in [0.29, 0.717) is 13.0 Å². The summed E-state index contributed by atoms with van der Waals surface area (Å²) in [4.78, 5) is 22.2. The van der Waals surface area contributed by atoms with Crippen LogP contribution in [0.5, 0.6) is 0 Å². The second-order valence-electron chi connectivity index (χ2n) is 3.78. The summed E-state index contributed by atoms with van der Waals surface area (Å²) >= 11 is 1.78. The molecule has 0 unspecified atom stereocenters. The predicted octanol–water partition coefficient (Wildman–Crippen LogP) is 1.68. The van der Waals surface area contributed by atoms with Gasteiger partial charge in [0.15, 0.2) is 0 Å². The topological polar surface area (TPSA) is 78.4 Å². The van der Waals surface area contributed by atoms with Crippen molar-refractivity contribution in [2.24, 2.45) is 0 Å². The number of hydrogen-bond donors (Lipinski definition) is 3. The zero-order valence-electron chi connectivity index (χ0n) is 10.5. The Labute approximate surface area is 107 Å². The van der Waals surface area contributed by atoms with Gasteiger partial charge >= 0.3 is 12.0 Å². The van der Waals surface area contributed by atoms with Crippen LogP contribution < -0.4 is 10.6 Å². The van der Waals surface area contributed by atoms with E-state index >= 15 is 0 Å². The fraction of sp³-hybridized carbons (Fsp3) is 0.818. The van der Waals surface area contributed by atoms with Crippen molar-refractivity contribution in [1.29, 1.82) is 0 Å². The normalized spacial score (nSPS) is 11.9. The summed E-state index contributed by atoms with van der Waals surface area (Å²) in [6.45, 7) is 2.47. The Morgan fingerprint density at radius 1 is 1.35 bits per heavy atom. The molecule has 0 rings (SSSR count). The first-order valence-corrected chi connectivity index (χ1v) is 7.27. The third-order valence-corrected chi connectivity index (χ3v) is 2.94. The Kier molecular flexibility index (Phi) is 9.71. The van der Waals surface area contributed by atoms with Gasteiger partial charge in [-0.15, -0.1) is 0 Å². The van der Waals surface area contributed by atoms with Crippen LogP contribution in [0.1, 0.15) is 32.6 Å².